The molecule has 0 aliphatic rings. The van der Waals surface area contributed by atoms with Crippen LogP contribution in [-0.4, -0.2) is 144 Å². The zero-order valence-corrected chi connectivity index (χ0v) is 28.0. The van der Waals surface area contributed by atoms with E-state index in [0.29, 0.717) is 52.9 Å². The number of carbonyl (C=O) groups excluding carboxylic acids is 3. The first-order chi connectivity index (χ1) is 23.9. The number of Topliss-reactive ketones (excluding diaryl/α,β-unsaturated/α-hetero) is 1. The van der Waals surface area contributed by atoms with Gasteiger partial charge >= 0.3 is 29.8 Å². The van der Waals surface area contributed by atoms with Gasteiger partial charge in [-0.15, -0.1) is 0 Å². The number of aromatic carboxylic acids is 3. The van der Waals surface area contributed by atoms with Crippen LogP contribution in [0.15, 0.2) is 36.4 Å². The number of carboxylic acids is 3. The van der Waals surface area contributed by atoms with Crippen LogP contribution in [0.1, 0.15) is 69.1 Å². The van der Waals surface area contributed by atoms with Crippen LogP contribution in [0.2, 0.25) is 0 Å². The third-order valence-corrected chi connectivity index (χ3v) is 6.01. The first kappa shape index (κ1) is 43.2. The molecule has 0 heterocycles. The van der Waals surface area contributed by atoms with Crippen molar-refractivity contribution in [3.63, 3.8) is 0 Å². The lowest BCUT2D eigenvalue weighted by atomic mass is 10.0. The fourth-order valence-electron chi connectivity index (χ4n) is 3.55. The van der Waals surface area contributed by atoms with E-state index in [1.165, 1.54) is 25.1 Å². The maximum absolute atomic E-state index is 12.4. The van der Waals surface area contributed by atoms with Gasteiger partial charge in [-0.25, -0.2) is 24.0 Å². The number of hydrogen-bond acceptors (Lipinski definition) is 14. The van der Waals surface area contributed by atoms with Crippen LogP contribution in [0.25, 0.3) is 0 Å². The van der Waals surface area contributed by atoms with Crippen LogP contribution in [0, 0.1) is 0 Å². The van der Waals surface area contributed by atoms with Gasteiger partial charge in [0.05, 0.1) is 93.9 Å². The molecule has 0 saturated heterocycles. The van der Waals surface area contributed by atoms with Crippen molar-refractivity contribution in [2.24, 2.45) is 0 Å². The molecule has 276 valence electrons. The molecule has 2 aromatic carbocycles. The van der Waals surface area contributed by atoms with Crippen molar-refractivity contribution >= 4 is 35.6 Å². The average Bonchev–Trinajstić information content (AvgIpc) is 3.09. The van der Waals surface area contributed by atoms with Crippen molar-refractivity contribution in [2.75, 3.05) is 93.5 Å². The van der Waals surface area contributed by atoms with Gasteiger partial charge in [-0.05, 0) is 43.3 Å². The van der Waals surface area contributed by atoms with Gasteiger partial charge in [-0.2, -0.15) is 0 Å². The molecule has 0 aliphatic heterocycles. The van der Waals surface area contributed by atoms with E-state index < -0.39 is 29.8 Å². The standard InChI is InChI=1S/C24H36O11.C9H6O6/c1-19(25)20-16-21(23(26)34-14-12-32-10-8-30-6-4-28-2)18-22(17-20)24(27)35-15-13-33-11-9-31-7-5-29-3;10-7(11)4-1-5(8(12)13)3-6(2-4)9(14)15/h16-18H,4-15H2,1-3H3;1-3H,(H,10,11)(H,12,13)(H,14,15). The zero-order valence-electron chi connectivity index (χ0n) is 28.0. The fourth-order valence-corrected chi connectivity index (χ4v) is 3.55. The maximum Gasteiger partial charge on any atom is 0.338 e. The summed E-state index contributed by atoms with van der Waals surface area (Å²) in [5.41, 5.74) is -0.777. The number of carbonyl (C=O) groups is 6. The molecule has 0 spiro atoms. The van der Waals surface area contributed by atoms with Crippen LogP contribution in [0.3, 0.4) is 0 Å². The molecule has 0 aliphatic carbocycles. The lowest BCUT2D eigenvalue weighted by Gasteiger charge is -2.10. The number of hydrogen-bond donors (Lipinski definition) is 3. The third-order valence-electron chi connectivity index (χ3n) is 6.01. The number of methoxy groups -OCH3 is 2. The third kappa shape index (κ3) is 18.1. The second-order valence-corrected chi connectivity index (χ2v) is 9.78. The van der Waals surface area contributed by atoms with E-state index in [1.807, 2.05) is 0 Å². The summed E-state index contributed by atoms with van der Waals surface area (Å²) in [6, 6.07) is 6.77. The Labute approximate surface area is 287 Å². The van der Waals surface area contributed by atoms with Gasteiger partial charge < -0.3 is 53.2 Å². The smallest absolute Gasteiger partial charge is 0.338 e. The molecule has 17 heteroatoms. The summed E-state index contributed by atoms with van der Waals surface area (Å²) >= 11 is 0. The first-order valence-corrected chi connectivity index (χ1v) is 15.0. The van der Waals surface area contributed by atoms with Crippen LogP contribution >= 0.6 is 0 Å². The highest BCUT2D eigenvalue weighted by molar-refractivity contribution is 6.02. The van der Waals surface area contributed by atoms with Gasteiger partial charge in [0.15, 0.2) is 5.78 Å². The molecule has 0 fully saturated rings. The van der Waals surface area contributed by atoms with E-state index in [4.69, 9.17) is 53.2 Å². The summed E-state index contributed by atoms with van der Waals surface area (Å²) in [4.78, 5) is 68.4. The fraction of sp³-hybridized carbons (Fsp3) is 0.455. The lowest BCUT2D eigenvalue weighted by molar-refractivity contribution is 0.00552. The molecule has 0 atom stereocenters. The van der Waals surface area contributed by atoms with E-state index in [1.54, 1.807) is 14.2 Å². The average molecular weight is 711 g/mol. The van der Waals surface area contributed by atoms with Crippen molar-refractivity contribution < 1.29 is 82.0 Å². The quantitative estimate of drug-likeness (QED) is 0.0805. The number of esters is 2. The van der Waals surface area contributed by atoms with Crippen LogP contribution < -0.4 is 0 Å². The van der Waals surface area contributed by atoms with Crippen LogP contribution in [-0.2, 0) is 37.9 Å². The molecule has 0 bridgehead atoms. The van der Waals surface area contributed by atoms with Crippen LogP contribution in [0.5, 0.6) is 0 Å². The number of benzene rings is 2. The molecule has 0 unspecified atom stereocenters. The van der Waals surface area contributed by atoms with Crippen molar-refractivity contribution in [2.45, 2.75) is 6.92 Å². The Morgan fingerprint density at radius 3 is 0.960 bits per heavy atom. The zero-order chi connectivity index (χ0) is 37.3. The second kappa shape index (κ2) is 25.2. The summed E-state index contributed by atoms with van der Waals surface area (Å²) < 4.78 is 41.2. The minimum atomic E-state index is -1.37. The van der Waals surface area contributed by atoms with E-state index >= 15 is 0 Å². The molecule has 0 radical (unpaired) electrons. The number of ketones is 1. The van der Waals surface area contributed by atoms with E-state index in [9.17, 15) is 28.8 Å². The predicted molar refractivity (Wildman–Crippen MR) is 171 cm³/mol. The highest BCUT2D eigenvalue weighted by Crippen LogP contribution is 2.14. The Balaban J connectivity index is 0.000000690. The largest absolute Gasteiger partial charge is 0.478 e. The highest BCUT2D eigenvalue weighted by atomic mass is 16.6. The normalized spacial score (nSPS) is 10.5. The Bertz CT molecular complexity index is 1270. The molecule has 50 heavy (non-hydrogen) atoms. The van der Waals surface area contributed by atoms with Crippen molar-refractivity contribution in [1.29, 1.82) is 0 Å². The SMILES string of the molecule is COCCOCCOCCOC(=O)c1cc(C(C)=O)cc(C(=O)OCCOCCOCCOC)c1.O=C(O)c1cc(C(=O)O)cc(C(=O)O)c1. The molecule has 3 N–H and O–H groups in total. The number of ether oxygens (including phenoxy) is 8. The van der Waals surface area contributed by atoms with Crippen molar-refractivity contribution in [3.8, 4) is 0 Å². The van der Waals surface area contributed by atoms with Crippen molar-refractivity contribution in [3.05, 3.63) is 69.8 Å². The van der Waals surface area contributed by atoms with Gasteiger partial charge in [0, 0.05) is 19.8 Å². The summed E-state index contributed by atoms with van der Waals surface area (Å²) in [5.74, 6) is -5.79. The highest BCUT2D eigenvalue weighted by Gasteiger charge is 2.17. The van der Waals surface area contributed by atoms with Gasteiger partial charge in [-0.3, -0.25) is 4.79 Å². The maximum atomic E-state index is 12.4. The van der Waals surface area contributed by atoms with Gasteiger partial charge in [0.25, 0.3) is 0 Å². The van der Waals surface area contributed by atoms with E-state index in [-0.39, 0.29) is 65.6 Å². The Kier molecular flexibility index (Phi) is 21.8. The Morgan fingerprint density at radius 1 is 0.420 bits per heavy atom. The minimum Gasteiger partial charge on any atom is -0.478 e. The van der Waals surface area contributed by atoms with Crippen LogP contribution in [0.4, 0.5) is 0 Å². The molecular formula is C33H42O17. The molecule has 17 nitrogen and oxygen atoms in total. The van der Waals surface area contributed by atoms with Gasteiger partial charge in [0.2, 0.25) is 0 Å². The van der Waals surface area contributed by atoms with E-state index in [2.05, 4.69) is 0 Å². The summed E-state index contributed by atoms with van der Waals surface area (Å²) in [7, 11) is 3.18. The minimum absolute atomic E-state index is 0.00745. The first-order valence-electron chi connectivity index (χ1n) is 15.0. The Hall–Kier alpha value is -4.78. The molecule has 0 amide bonds. The molecule has 2 rings (SSSR count). The van der Waals surface area contributed by atoms with Crippen molar-refractivity contribution in [1.82, 2.24) is 0 Å². The number of carboxylic acid groups (broad SMARTS) is 3. The monoisotopic (exact) mass is 710 g/mol. The lowest BCUT2D eigenvalue weighted by Crippen LogP contribution is -2.16. The van der Waals surface area contributed by atoms with Gasteiger partial charge in [0.1, 0.15) is 13.2 Å². The van der Waals surface area contributed by atoms with Gasteiger partial charge in [-0.1, -0.05) is 0 Å². The molecule has 2 aromatic rings. The molecular weight excluding hydrogens is 668 g/mol. The topological polar surface area (TPSA) is 237 Å². The molecule has 0 saturated carbocycles. The predicted octanol–water partition coefficient (Wildman–Crippen LogP) is 2.34. The number of rotatable bonds is 24. The second-order valence-electron chi connectivity index (χ2n) is 9.78. The van der Waals surface area contributed by atoms with E-state index in [0.717, 1.165) is 18.2 Å². The molecule has 0 aromatic heterocycles. The summed E-state index contributed by atoms with van der Waals surface area (Å²) in [6.07, 6.45) is 0. The Morgan fingerprint density at radius 2 is 0.680 bits per heavy atom. The summed E-state index contributed by atoms with van der Waals surface area (Å²) in [6.45, 7) is 5.17. The summed E-state index contributed by atoms with van der Waals surface area (Å²) in [5, 5.41) is 25.8.